The van der Waals surface area contributed by atoms with Gasteiger partial charge in [0.05, 0.1) is 27.7 Å². The number of unbranched alkanes of at least 4 members (excludes halogenated alkanes) is 3. The molecule has 0 aliphatic carbocycles. The van der Waals surface area contributed by atoms with Crippen molar-refractivity contribution in [1.29, 1.82) is 0 Å². The van der Waals surface area contributed by atoms with Crippen molar-refractivity contribution in [2.45, 2.75) is 32.6 Å². The van der Waals surface area contributed by atoms with Crippen LogP contribution in [-0.4, -0.2) is 55.9 Å². The van der Waals surface area contributed by atoms with Crippen LogP contribution >= 0.6 is 0 Å². The zero-order valence-electron chi connectivity index (χ0n) is 10.9. The van der Waals surface area contributed by atoms with Crippen molar-refractivity contribution >= 4 is 0 Å². The first-order valence-corrected chi connectivity index (χ1v) is 5.59. The lowest BCUT2D eigenvalue weighted by atomic mass is 10.2. The molecule has 0 aliphatic heterocycles. The summed E-state index contributed by atoms with van der Waals surface area (Å²) in [5.74, 6) is 0. The molecule has 0 saturated carbocycles. The maximum atomic E-state index is 8.39. The summed E-state index contributed by atoms with van der Waals surface area (Å²) >= 11 is 0. The van der Waals surface area contributed by atoms with Gasteiger partial charge in [-0.3, -0.25) is 0 Å². The number of hydrogen-bond acceptors (Lipinski definition) is 2. The predicted octanol–water partition coefficient (Wildman–Crippen LogP) is 0.386. The Labute approximate surface area is 95.0 Å². The van der Waals surface area contributed by atoms with Gasteiger partial charge in [-0.15, -0.1) is 0 Å². The van der Waals surface area contributed by atoms with Gasteiger partial charge in [0.25, 0.3) is 0 Å². The maximum absolute atomic E-state index is 8.39. The monoisotopic (exact) mass is 223 g/mol. The van der Waals surface area contributed by atoms with E-state index in [1.807, 2.05) is 0 Å². The molecule has 96 valence electrons. The van der Waals surface area contributed by atoms with Crippen LogP contribution in [0.4, 0.5) is 0 Å². The summed E-state index contributed by atoms with van der Waals surface area (Å²) in [6, 6.07) is 0. The second kappa shape index (κ2) is 13.8. The summed E-state index contributed by atoms with van der Waals surface area (Å²) in [4.78, 5) is 0. The Bertz CT molecular complexity index is 99.3. The van der Waals surface area contributed by atoms with Gasteiger partial charge >= 0.3 is 0 Å². The molecule has 0 atom stereocenters. The highest BCUT2D eigenvalue weighted by atomic mass is 16.3. The van der Waals surface area contributed by atoms with Crippen LogP contribution in [0, 0.1) is 0 Å². The van der Waals surface area contributed by atoms with E-state index in [-0.39, 0.29) is 12.1 Å². The Balaban J connectivity index is -0.000000180. The fourth-order valence-electron chi connectivity index (χ4n) is 0.871. The fourth-order valence-corrected chi connectivity index (χ4v) is 0.871. The maximum Gasteiger partial charge on any atom is 0.101 e. The van der Waals surface area contributed by atoms with Gasteiger partial charge in [0.1, 0.15) is 6.54 Å². The predicted molar refractivity (Wildman–Crippen MR) is 66.8 cm³/mol. The van der Waals surface area contributed by atoms with Crippen LogP contribution in [0.25, 0.3) is 0 Å². The van der Waals surface area contributed by atoms with Gasteiger partial charge in [0, 0.05) is 0 Å². The highest BCUT2D eigenvalue weighted by Gasteiger charge is 2.02. The lowest BCUT2D eigenvalue weighted by molar-refractivity contribution is -0.870. The number of aliphatic hydroxyl groups excluding tert-OH is 1. The summed E-state index contributed by atoms with van der Waals surface area (Å²) in [7, 11) is 6.16. The minimum Gasteiger partial charge on any atom is -0.412 e. The van der Waals surface area contributed by atoms with E-state index < -0.39 is 0 Å². The topological polar surface area (TPSA) is 77.8 Å². The molecule has 4 nitrogen and oxygen atoms in total. The SMILES string of the molecule is CCCCCCN.C[N+](C)(C)CCO.O. The van der Waals surface area contributed by atoms with E-state index in [1.54, 1.807) is 0 Å². The van der Waals surface area contributed by atoms with Gasteiger partial charge in [0.2, 0.25) is 0 Å². The van der Waals surface area contributed by atoms with Gasteiger partial charge in [0.15, 0.2) is 0 Å². The summed E-state index contributed by atoms with van der Waals surface area (Å²) in [5.41, 5.74) is 5.27. The van der Waals surface area contributed by atoms with Crippen LogP contribution < -0.4 is 5.73 Å². The lowest BCUT2D eigenvalue weighted by Crippen LogP contribution is -2.36. The number of nitrogens with two attached hydrogens (primary N) is 1. The smallest absolute Gasteiger partial charge is 0.101 e. The van der Waals surface area contributed by atoms with Crippen molar-refractivity contribution in [1.82, 2.24) is 0 Å². The highest BCUT2D eigenvalue weighted by molar-refractivity contribution is 4.38. The van der Waals surface area contributed by atoms with E-state index in [9.17, 15) is 0 Å². The molecule has 0 aromatic heterocycles. The molecule has 0 unspecified atom stereocenters. The van der Waals surface area contributed by atoms with E-state index in [1.165, 1.54) is 25.7 Å². The van der Waals surface area contributed by atoms with Crippen molar-refractivity contribution in [3.8, 4) is 0 Å². The summed E-state index contributed by atoms with van der Waals surface area (Å²) in [5, 5.41) is 8.39. The fraction of sp³-hybridized carbons (Fsp3) is 1.00. The Morgan fingerprint density at radius 1 is 1.07 bits per heavy atom. The molecule has 15 heavy (non-hydrogen) atoms. The van der Waals surface area contributed by atoms with Gasteiger partial charge in [-0.25, -0.2) is 0 Å². The molecule has 0 aliphatic rings. The Kier molecular flexibility index (Phi) is 18.7. The number of aliphatic hydroxyl groups is 1. The molecule has 0 heterocycles. The third kappa shape index (κ3) is 31.6. The Morgan fingerprint density at radius 2 is 1.60 bits per heavy atom. The zero-order chi connectivity index (χ0) is 11.4. The first-order chi connectivity index (χ1) is 6.47. The molecule has 0 aromatic rings. The first kappa shape index (κ1) is 20.3. The molecular formula is C11H31N2O2+. The summed E-state index contributed by atoms with van der Waals surface area (Å²) in [6.45, 7) is 4.18. The van der Waals surface area contributed by atoms with Crippen molar-refractivity contribution in [3.63, 3.8) is 0 Å². The van der Waals surface area contributed by atoms with E-state index in [4.69, 9.17) is 10.8 Å². The third-order valence-corrected chi connectivity index (χ3v) is 1.83. The van der Waals surface area contributed by atoms with Gasteiger partial charge in [-0.05, 0) is 13.0 Å². The average molecular weight is 223 g/mol. The van der Waals surface area contributed by atoms with Crippen LogP contribution in [0.15, 0.2) is 0 Å². The van der Waals surface area contributed by atoms with Gasteiger partial charge < -0.3 is 20.8 Å². The second-order valence-corrected chi connectivity index (χ2v) is 4.59. The Morgan fingerprint density at radius 3 is 1.80 bits per heavy atom. The third-order valence-electron chi connectivity index (χ3n) is 1.83. The van der Waals surface area contributed by atoms with Crippen molar-refractivity contribution < 1.29 is 15.1 Å². The molecule has 0 fully saturated rings. The van der Waals surface area contributed by atoms with E-state index in [0.29, 0.717) is 0 Å². The molecule has 0 rings (SSSR count). The molecule has 0 saturated heterocycles. The number of likely N-dealkylation sites (N-methyl/N-ethyl adjacent to an activating group) is 1. The van der Waals surface area contributed by atoms with Crippen molar-refractivity contribution in [2.75, 3.05) is 40.8 Å². The highest BCUT2D eigenvalue weighted by Crippen LogP contribution is 1.95. The van der Waals surface area contributed by atoms with Crippen LogP contribution in [-0.2, 0) is 0 Å². The van der Waals surface area contributed by atoms with Crippen LogP contribution in [0.3, 0.4) is 0 Å². The van der Waals surface area contributed by atoms with Crippen LogP contribution in [0.2, 0.25) is 0 Å². The quantitative estimate of drug-likeness (QED) is 0.504. The molecule has 0 radical (unpaired) electrons. The number of hydrogen-bond donors (Lipinski definition) is 2. The molecule has 5 N–H and O–H groups in total. The number of quaternary nitrogens is 1. The van der Waals surface area contributed by atoms with Crippen LogP contribution in [0.5, 0.6) is 0 Å². The number of nitrogens with zero attached hydrogens (tertiary/aromatic N) is 1. The van der Waals surface area contributed by atoms with Crippen LogP contribution in [0.1, 0.15) is 32.6 Å². The largest absolute Gasteiger partial charge is 0.412 e. The average Bonchev–Trinajstić information content (AvgIpc) is 2.04. The number of rotatable bonds is 6. The molecule has 4 heteroatoms. The lowest BCUT2D eigenvalue weighted by Gasteiger charge is -2.21. The molecular weight excluding hydrogens is 192 g/mol. The van der Waals surface area contributed by atoms with E-state index in [2.05, 4.69) is 28.1 Å². The van der Waals surface area contributed by atoms with Gasteiger partial charge in [-0.2, -0.15) is 0 Å². The summed E-state index contributed by atoms with van der Waals surface area (Å²) in [6.07, 6.45) is 5.16. The Hall–Kier alpha value is -0.160. The molecule has 0 amide bonds. The normalized spacial score (nSPS) is 10.0. The van der Waals surface area contributed by atoms with E-state index in [0.717, 1.165) is 17.6 Å². The van der Waals surface area contributed by atoms with E-state index >= 15 is 0 Å². The molecule has 0 spiro atoms. The zero-order valence-corrected chi connectivity index (χ0v) is 10.9. The standard InChI is InChI=1S/C6H15N.C5H14NO.H2O/c1-2-3-4-5-6-7;1-6(2,3)4-5-7;/h2-7H2,1H3;7H,4-5H2,1-3H3;1H2/q;+1;. The van der Waals surface area contributed by atoms with Crippen molar-refractivity contribution in [3.05, 3.63) is 0 Å². The van der Waals surface area contributed by atoms with Crippen molar-refractivity contribution in [2.24, 2.45) is 5.73 Å². The molecule has 0 aromatic carbocycles. The second-order valence-electron chi connectivity index (χ2n) is 4.59. The first-order valence-electron chi connectivity index (χ1n) is 5.59. The minimum atomic E-state index is 0. The summed E-state index contributed by atoms with van der Waals surface area (Å²) < 4.78 is 0.844. The minimum absolute atomic E-state index is 0. The van der Waals surface area contributed by atoms with Gasteiger partial charge in [-0.1, -0.05) is 26.2 Å². The molecule has 0 bridgehead atoms.